The van der Waals surface area contributed by atoms with Gasteiger partial charge in [0.1, 0.15) is 0 Å². The van der Waals surface area contributed by atoms with Crippen molar-refractivity contribution in [3.05, 3.63) is 27.8 Å². The Hall–Kier alpha value is -0.780. The molecule has 1 rings (SSSR count). The maximum Gasteiger partial charge on any atom is 0.310 e. The van der Waals surface area contributed by atoms with Crippen LogP contribution in [0.3, 0.4) is 0 Å². The van der Waals surface area contributed by atoms with E-state index in [2.05, 4.69) is 27.9 Å². The second kappa shape index (κ2) is 6.73. The summed E-state index contributed by atoms with van der Waals surface area (Å²) in [5.74, 6) is -0.281. The van der Waals surface area contributed by atoms with Crippen molar-refractivity contribution in [1.82, 2.24) is 0 Å². The molecule has 0 bridgehead atoms. The molecule has 1 aromatic rings. The van der Waals surface area contributed by atoms with Gasteiger partial charge in [0.15, 0.2) is 0 Å². The maximum atomic E-state index is 11.4. The summed E-state index contributed by atoms with van der Waals surface area (Å²) in [4.78, 5) is 11.4. The lowest BCUT2D eigenvalue weighted by Gasteiger charge is -2.13. The second-order valence-electron chi connectivity index (χ2n) is 3.51. The molecule has 88 valence electrons. The summed E-state index contributed by atoms with van der Waals surface area (Å²) >= 11 is 2.26. The van der Waals surface area contributed by atoms with Crippen molar-refractivity contribution in [2.45, 2.75) is 13.8 Å². The van der Waals surface area contributed by atoms with Crippen molar-refractivity contribution < 1.29 is 9.53 Å². The molecule has 16 heavy (non-hydrogen) atoms. The molecule has 0 saturated carbocycles. The molecule has 0 aliphatic carbocycles. The van der Waals surface area contributed by atoms with Gasteiger partial charge in [0, 0.05) is 15.8 Å². The molecule has 0 amide bonds. The van der Waals surface area contributed by atoms with Gasteiger partial charge < -0.3 is 10.1 Å². The summed E-state index contributed by atoms with van der Waals surface area (Å²) in [6.07, 6.45) is 0. The molecule has 3 nitrogen and oxygen atoms in total. The highest BCUT2D eigenvalue weighted by Crippen LogP contribution is 2.17. The summed E-state index contributed by atoms with van der Waals surface area (Å²) in [7, 11) is 0. The fourth-order valence-electron chi connectivity index (χ4n) is 1.24. The lowest BCUT2D eigenvalue weighted by molar-refractivity contribution is -0.146. The molecule has 0 saturated heterocycles. The Bertz CT molecular complexity index is 355. The number of carbonyl (C=O) groups is 1. The third kappa shape index (κ3) is 4.00. The Kier molecular flexibility index (Phi) is 5.59. The number of halogens is 1. The zero-order valence-electron chi connectivity index (χ0n) is 9.50. The predicted molar refractivity (Wildman–Crippen MR) is 73.4 cm³/mol. The van der Waals surface area contributed by atoms with E-state index < -0.39 is 0 Å². The van der Waals surface area contributed by atoms with Crippen LogP contribution in [0.2, 0.25) is 0 Å². The minimum atomic E-state index is -0.152. The number of nitrogens with one attached hydrogen (secondary N) is 1. The zero-order chi connectivity index (χ0) is 12.0. The first-order valence-corrected chi connectivity index (χ1v) is 6.38. The Morgan fingerprint density at radius 3 is 2.81 bits per heavy atom. The van der Waals surface area contributed by atoms with Gasteiger partial charge in [-0.05, 0) is 41.6 Å². The minimum absolute atomic E-state index is 0.129. The van der Waals surface area contributed by atoms with Gasteiger partial charge in [0.25, 0.3) is 0 Å². The molecule has 0 fully saturated rings. The summed E-state index contributed by atoms with van der Waals surface area (Å²) in [6.45, 7) is 4.71. The number of ether oxygens (including phenoxy) is 1. The van der Waals surface area contributed by atoms with Crippen molar-refractivity contribution >= 4 is 34.2 Å². The van der Waals surface area contributed by atoms with E-state index >= 15 is 0 Å². The van der Waals surface area contributed by atoms with Crippen molar-refractivity contribution in [2.24, 2.45) is 5.92 Å². The SMILES string of the molecule is CCOC(=O)C(C)CNc1ccccc1I. The highest BCUT2D eigenvalue weighted by atomic mass is 127. The van der Waals surface area contributed by atoms with Crippen LogP contribution in [0.5, 0.6) is 0 Å². The van der Waals surface area contributed by atoms with E-state index in [0.29, 0.717) is 13.2 Å². The van der Waals surface area contributed by atoms with Crippen LogP contribution < -0.4 is 5.32 Å². The van der Waals surface area contributed by atoms with E-state index in [9.17, 15) is 4.79 Å². The van der Waals surface area contributed by atoms with E-state index in [-0.39, 0.29) is 11.9 Å². The van der Waals surface area contributed by atoms with Gasteiger partial charge in [0.2, 0.25) is 0 Å². The van der Waals surface area contributed by atoms with Crippen LogP contribution in [0.15, 0.2) is 24.3 Å². The van der Waals surface area contributed by atoms with Crippen molar-refractivity contribution in [3.63, 3.8) is 0 Å². The van der Waals surface area contributed by atoms with Crippen LogP contribution in [-0.4, -0.2) is 19.1 Å². The average molecular weight is 333 g/mol. The van der Waals surface area contributed by atoms with E-state index in [1.165, 1.54) is 0 Å². The normalized spacial score (nSPS) is 11.9. The van der Waals surface area contributed by atoms with Crippen LogP contribution in [-0.2, 0) is 9.53 Å². The van der Waals surface area contributed by atoms with Crippen LogP contribution in [0.4, 0.5) is 5.69 Å². The quantitative estimate of drug-likeness (QED) is 0.665. The van der Waals surface area contributed by atoms with Crippen LogP contribution >= 0.6 is 22.6 Å². The van der Waals surface area contributed by atoms with E-state index in [1.807, 2.05) is 38.1 Å². The Balaban J connectivity index is 2.46. The van der Waals surface area contributed by atoms with Crippen molar-refractivity contribution in [2.75, 3.05) is 18.5 Å². The molecule has 1 N–H and O–H groups in total. The van der Waals surface area contributed by atoms with Crippen molar-refractivity contribution in [3.8, 4) is 0 Å². The molecule has 0 aliphatic heterocycles. The first kappa shape index (κ1) is 13.3. The fourth-order valence-corrected chi connectivity index (χ4v) is 1.81. The molecule has 4 heteroatoms. The average Bonchev–Trinajstić information content (AvgIpc) is 2.28. The highest BCUT2D eigenvalue weighted by molar-refractivity contribution is 14.1. The van der Waals surface area contributed by atoms with Gasteiger partial charge in [-0.2, -0.15) is 0 Å². The standard InChI is InChI=1S/C12H16INO2/c1-3-16-12(15)9(2)8-14-11-7-5-4-6-10(11)13/h4-7,9,14H,3,8H2,1-2H3. The third-order valence-corrected chi connectivity index (χ3v) is 3.10. The lowest BCUT2D eigenvalue weighted by atomic mass is 10.2. The summed E-state index contributed by atoms with van der Waals surface area (Å²) in [6, 6.07) is 7.98. The monoisotopic (exact) mass is 333 g/mol. The molecular formula is C12H16INO2. The molecular weight excluding hydrogens is 317 g/mol. The summed E-state index contributed by atoms with van der Waals surface area (Å²) < 4.78 is 6.09. The number of benzene rings is 1. The second-order valence-corrected chi connectivity index (χ2v) is 4.68. The first-order valence-electron chi connectivity index (χ1n) is 5.30. The number of carbonyl (C=O) groups excluding carboxylic acids is 1. The summed E-state index contributed by atoms with van der Waals surface area (Å²) in [5, 5.41) is 3.24. The number of para-hydroxylation sites is 1. The molecule has 0 radical (unpaired) electrons. The molecule has 0 aromatic heterocycles. The fraction of sp³-hybridized carbons (Fsp3) is 0.417. The molecule has 1 aromatic carbocycles. The van der Waals surface area contributed by atoms with Crippen LogP contribution in [0, 0.1) is 9.49 Å². The van der Waals surface area contributed by atoms with Crippen LogP contribution in [0.1, 0.15) is 13.8 Å². The predicted octanol–water partition coefficient (Wildman–Crippen LogP) is 2.90. The van der Waals surface area contributed by atoms with Gasteiger partial charge in [-0.25, -0.2) is 0 Å². The molecule has 1 unspecified atom stereocenters. The largest absolute Gasteiger partial charge is 0.466 e. The van der Waals surface area contributed by atoms with Gasteiger partial charge in [0.05, 0.1) is 12.5 Å². The lowest BCUT2D eigenvalue weighted by Crippen LogP contribution is -2.22. The smallest absolute Gasteiger partial charge is 0.310 e. The third-order valence-electron chi connectivity index (χ3n) is 2.16. The number of hydrogen-bond donors (Lipinski definition) is 1. The van der Waals surface area contributed by atoms with Gasteiger partial charge in [-0.15, -0.1) is 0 Å². The minimum Gasteiger partial charge on any atom is -0.466 e. The Labute approximate surface area is 110 Å². The van der Waals surface area contributed by atoms with E-state index in [1.54, 1.807) is 0 Å². The Morgan fingerprint density at radius 2 is 2.19 bits per heavy atom. The molecule has 1 atom stereocenters. The van der Waals surface area contributed by atoms with Gasteiger partial charge >= 0.3 is 5.97 Å². The Morgan fingerprint density at radius 1 is 1.50 bits per heavy atom. The summed E-state index contributed by atoms with van der Waals surface area (Å²) in [5.41, 5.74) is 1.05. The zero-order valence-corrected chi connectivity index (χ0v) is 11.7. The van der Waals surface area contributed by atoms with Crippen molar-refractivity contribution in [1.29, 1.82) is 0 Å². The molecule has 0 heterocycles. The number of rotatable bonds is 5. The number of hydrogen-bond acceptors (Lipinski definition) is 3. The highest BCUT2D eigenvalue weighted by Gasteiger charge is 2.13. The molecule has 0 spiro atoms. The van der Waals surface area contributed by atoms with Crippen LogP contribution in [0.25, 0.3) is 0 Å². The first-order chi connectivity index (χ1) is 7.65. The van der Waals surface area contributed by atoms with E-state index in [0.717, 1.165) is 9.26 Å². The number of anilines is 1. The topological polar surface area (TPSA) is 38.3 Å². The molecule has 0 aliphatic rings. The number of esters is 1. The van der Waals surface area contributed by atoms with Gasteiger partial charge in [-0.3, -0.25) is 4.79 Å². The van der Waals surface area contributed by atoms with Gasteiger partial charge in [-0.1, -0.05) is 19.1 Å². The maximum absolute atomic E-state index is 11.4. The van der Waals surface area contributed by atoms with E-state index in [4.69, 9.17) is 4.74 Å².